The molecule has 0 amide bonds. The lowest BCUT2D eigenvalue weighted by molar-refractivity contribution is -0.121. The maximum absolute atomic E-state index is 11.5. The number of rotatable bonds is 18. The summed E-state index contributed by atoms with van der Waals surface area (Å²) in [5, 5.41) is 17.8. The molecule has 1 unspecified atom stereocenters. The molecule has 0 aromatic heterocycles. The van der Waals surface area contributed by atoms with Crippen LogP contribution in [0.1, 0.15) is 110 Å². The van der Waals surface area contributed by atoms with Crippen LogP contribution in [0.15, 0.2) is 0 Å². The smallest absolute Gasteiger partial charge is 0.135 e. The Morgan fingerprint density at radius 3 is 1.52 bits per heavy atom. The summed E-state index contributed by atoms with van der Waals surface area (Å²) >= 11 is 0. The van der Waals surface area contributed by atoms with Crippen LogP contribution in [-0.4, -0.2) is 28.7 Å². The fraction of sp³-hybridized carbons (Fsp3) is 0.950. The van der Waals surface area contributed by atoms with Crippen LogP contribution in [0.2, 0.25) is 0 Å². The van der Waals surface area contributed by atoms with Crippen LogP contribution >= 0.6 is 0 Å². The zero-order valence-electron chi connectivity index (χ0n) is 15.4. The highest BCUT2D eigenvalue weighted by Gasteiger charge is 2.08. The summed E-state index contributed by atoms with van der Waals surface area (Å²) in [6.45, 7) is 1.95. The summed E-state index contributed by atoms with van der Waals surface area (Å²) in [7, 11) is 0. The lowest BCUT2D eigenvalue weighted by atomic mass is 10.0. The number of carbonyl (C=O) groups excluding carboxylic acids is 1. The molecule has 138 valence electrons. The molecule has 2 N–H and O–H groups in total. The van der Waals surface area contributed by atoms with Gasteiger partial charge in [0.05, 0.1) is 12.7 Å². The number of unbranched alkanes of at least 4 members (excludes halogenated alkanes) is 13. The van der Waals surface area contributed by atoms with Crippen LogP contribution in [0.5, 0.6) is 0 Å². The van der Waals surface area contributed by atoms with Crippen molar-refractivity contribution in [3.05, 3.63) is 0 Å². The Hall–Kier alpha value is -0.410. The van der Waals surface area contributed by atoms with Gasteiger partial charge in [0, 0.05) is 12.8 Å². The van der Waals surface area contributed by atoms with Gasteiger partial charge in [-0.15, -0.1) is 0 Å². The Morgan fingerprint density at radius 1 is 0.739 bits per heavy atom. The van der Waals surface area contributed by atoms with Crippen molar-refractivity contribution in [1.29, 1.82) is 0 Å². The molecule has 0 saturated heterocycles. The highest BCUT2D eigenvalue weighted by atomic mass is 16.3. The van der Waals surface area contributed by atoms with Crippen LogP contribution in [0.25, 0.3) is 0 Å². The summed E-state index contributed by atoms with van der Waals surface area (Å²) in [6, 6.07) is 0. The third kappa shape index (κ3) is 17.8. The van der Waals surface area contributed by atoms with Gasteiger partial charge in [0.15, 0.2) is 0 Å². The lowest BCUT2D eigenvalue weighted by Crippen LogP contribution is -2.17. The van der Waals surface area contributed by atoms with Gasteiger partial charge in [-0.2, -0.15) is 0 Å². The van der Waals surface area contributed by atoms with Crippen LogP contribution < -0.4 is 0 Å². The van der Waals surface area contributed by atoms with Crippen molar-refractivity contribution in [1.82, 2.24) is 0 Å². The molecule has 1 atom stereocenters. The van der Waals surface area contributed by atoms with Crippen LogP contribution in [0.3, 0.4) is 0 Å². The molecule has 0 fully saturated rings. The molecule has 3 nitrogen and oxygen atoms in total. The van der Waals surface area contributed by atoms with Gasteiger partial charge in [-0.1, -0.05) is 90.4 Å². The van der Waals surface area contributed by atoms with E-state index in [-0.39, 0.29) is 18.8 Å². The molecule has 0 aliphatic carbocycles. The predicted octanol–water partition coefficient (Wildman–Crippen LogP) is 5.17. The number of Topliss-reactive ketones (excluding diaryl/α,β-unsaturated/α-hetero) is 1. The number of hydrogen-bond acceptors (Lipinski definition) is 3. The summed E-state index contributed by atoms with van der Waals surface area (Å²) in [5.41, 5.74) is 0. The molecule has 23 heavy (non-hydrogen) atoms. The minimum absolute atomic E-state index is 0.0745. The minimum Gasteiger partial charge on any atom is -0.394 e. The summed E-state index contributed by atoms with van der Waals surface area (Å²) in [5.74, 6) is 0.0745. The molecule has 0 aliphatic heterocycles. The second-order valence-corrected chi connectivity index (χ2v) is 6.93. The predicted molar refractivity (Wildman–Crippen MR) is 97.6 cm³/mol. The number of aliphatic hydroxyl groups is 2. The van der Waals surface area contributed by atoms with Crippen molar-refractivity contribution in [2.75, 3.05) is 6.61 Å². The Balaban J connectivity index is 3.12. The second kappa shape index (κ2) is 17.9. The normalized spacial score (nSPS) is 12.5. The van der Waals surface area contributed by atoms with Gasteiger partial charge in [0.2, 0.25) is 0 Å². The van der Waals surface area contributed by atoms with Crippen molar-refractivity contribution in [3.63, 3.8) is 0 Å². The van der Waals surface area contributed by atoms with Crippen LogP contribution in [0, 0.1) is 0 Å². The van der Waals surface area contributed by atoms with Gasteiger partial charge in [-0.25, -0.2) is 0 Å². The fourth-order valence-corrected chi connectivity index (χ4v) is 2.95. The third-order valence-electron chi connectivity index (χ3n) is 4.48. The number of hydrogen-bond donors (Lipinski definition) is 2. The van der Waals surface area contributed by atoms with E-state index in [4.69, 9.17) is 5.11 Å². The van der Waals surface area contributed by atoms with E-state index in [1.54, 1.807) is 0 Å². The Kier molecular flexibility index (Phi) is 17.6. The van der Waals surface area contributed by atoms with Crippen LogP contribution in [-0.2, 0) is 4.79 Å². The zero-order chi connectivity index (χ0) is 17.2. The van der Waals surface area contributed by atoms with E-state index in [0.717, 1.165) is 12.8 Å². The molecular formula is C20H40O3. The first-order valence-electron chi connectivity index (χ1n) is 10.0. The first kappa shape index (κ1) is 22.6. The minimum atomic E-state index is -0.867. The molecule has 0 bridgehead atoms. The molecule has 0 radical (unpaired) electrons. The third-order valence-corrected chi connectivity index (χ3v) is 4.48. The van der Waals surface area contributed by atoms with E-state index in [9.17, 15) is 9.90 Å². The second-order valence-electron chi connectivity index (χ2n) is 6.93. The Bertz CT molecular complexity index is 253. The molecule has 3 heteroatoms. The lowest BCUT2D eigenvalue weighted by Gasteiger charge is -2.06. The van der Waals surface area contributed by atoms with Crippen molar-refractivity contribution < 1.29 is 15.0 Å². The van der Waals surface area contributed by atoms with Gasteiger partial charge in [0.25, 0.3) is 0 Å². The SMILES string of the molecule is CCCCCCCCCCCCCCCCC(=O)CC(O)CO. The zero-order valence-corrected chi connectivity index (χ0v) is 15.4. The quantitative estimate of drug-likeness (QED) is 0.341. The van der Waals surface area contributed by atoms with E-state index in [1.807, 2.05) is 0 Å². The standard InChI is InChI=1S/C20H40O3/c1-2-3-4-5-6-7-8-9-10-11-12-13-14-15-16-19(22)17-20(23)18-21/h20-21,23H,2-18H2,1H3. The van der Waals surface area contributed by atoms with E-state index in [1.165, 1.54) is 77.0 Å². The van der Waals surface area contributed by atoms with Gasteiger partial charge >= 0.3 is 0 Å². The topological polar surface area (TPSA) is 57.5 Å². The van der Waals surface area contributed by atoms with Crippen molar-refractivity contribution in [3.8, 4) is 0 Å². The van der Waals surface area contributed by atoms with E-state index in [2.05, 4.69) is 6.92 Å². The fourth-order valence-electron chi connectivity index (χ4n) is 2.95. The average Bonchev–Trinajstić information content (AvgIpc) is 2.55. The molecule has 0 aromatic carbocycles. The highest BCUT2D eigenvalue weighted by Crippen LogP contribution is 2.13. The molecular weight excluding hydrogens is 288 g/mol. The first-order valence-corrected chi connectivity index (χ1v) is 10.0. The van der Waals surface area contributed by atoms with E-state index >= 15 is 0 Å². The van der Waals surface area contributed by atoms with Gasteiger partial charge in [-0.05, 0) is 6.42 Å². The Morgan fingerprint density at radius 2 is 1.13 bits per heavy atom. The molecule has 0 aliphatic rings. The van der Waals surface area contributed by atoms with Gasteiger partial charge in [0.1, 0.15) is 5.78 Å². The van der Waals surface area contributed by atoms with Crippen molar-refractivity contribution >= 4 is 5.78 Å². The largest absolute Gasteiger partial charge is 0.394 e. The number of aliphatic hydroxyl groups excluding tert-OH is 2. The summed E-state index contributed by atoms with van der Waals surface area (Å²) in [4.78, 5) is 11.5. The molecule has 0 saturated carbocycles. The molecule has 0 rings (SSSR count). The maximum Gasteiger partial charge on any atom is 0.135 e. The molecule has 0 aromatic rings. The average molecular weight is 329 g/mol. The first-order chi connectivity index (χ1) is 11.2. The van der Waals surface area contributed by atoms with E-state index in [0.29, 0.717) is 6.42 Å². The Labute approximate surface area is 143 Å². The highest BCUT2D eigenvalue weighted by molar-refractivity contribution is 5.78. The van der Waals surface area contributed by atoms with Gasteiger partial charge in [-0.3, -0.25) is 4.79 Å². The van der Waals surface area contributed by atoms with Crippen molar-refractivity contribution in [2.24, 2.45) is 0 Å². The van der Waals surface area contributed by atoms with Gasteiger partial charge < -0.3 is 10.2 Å². The molecule has 0 heterocycles. The molecule has 0 spiro atoms. The number of ketones is 1. The van der Waals surface area contributed by atoms with Crippen LogP contribution in [0.4, 0.5) is 0 Å². The van der Waals surface area contributed by atoms with Crippen molar-refractivity contribution in [2.45, 2.75) is 116 Å². The van der Waals surface area contributed by atoms with E-state index < -0.39 is 6.10 Å². The maximum atomic E-state index is 11.5. The summed E-state index contributed by atoms with van der Waals surface area (Å²) in [6.07, 6.45) is 18.2. The summed E-state index contributed by atoms with van der Waals surface area (Å²) < 4.78 is 0. The monoisotopic (exact) mass is 328 g/mol. The number of carbonyl (C=O) groups is 1.